The van der Waals surface area contributed by atoms with E-state index in [-0.39, 0.29) is 11.8 Å². The molecule has 0 aromatic carbocycles. The first kappa shape index (κ1) is 15.0. The summed E-state index contributed by atoms with van der Waals surface area (Å²) in [5.74, 6) is -0.549. The molecule has 0 spiro atoms. The van der Waals surface area contributed by atoms with Crippen molar-refractivity contribution in [1.82, 2.24) is 10.1 Å². The maximum absolute atomic E-state index is 11.9. The van der Waals surface area contributed by atoms with Crippen LogP contribution in [-0.2, 0) is 9.59 Å². The Hall–Kier alpha value is -1.04. The van der Waals surface area contributed by atoms with Crippen molar-refractivity contribution in [1.29, 1.82) is 0 Å². The lowest BCUT2D eigenvalue weighted by atomic mass is 9.83. The minimum Gasteiger partial charge on any atom is -0.368 e. The summed E-state index contributed by atoms with van der Waals surface area (Å²) in [6.45, 7) is 1.69. The lowest BCUT2D eigenvalue weighted by Gasteiger charge is -2.30. The fourth-order valence-electron chi connectivity index (χ4n) is 2.35. The fraction of sp³-hybridized carbons (Fsp3) is 0.833. The van der Waals surface area contributed by atoms with E-state index >= 15 is 0 Å². The van der Waals surface area contributed by atoms with Gasteiger partial charge in [0, 0.05) is 0 Å². The zero-order valence-corrected chi connectivity index (χ0v) is 11.2. The van der Waals surface area contributed by atoms with Crippen LogP contribution in [0.5, 0.6) is 0 Å². The molecule has 100 valence electrons. The van der Waals surface area contributed by atoms with Crippen LogP contribution in [0.1, 0.15) is 39.0 Å². The van der Waals surface area contributed by atoms with E-state index in [0.29, 0.717) is 0 Å². The normalized spacial score (nSPS) is 20.4. The number of hydrogen-bond donors (Lipinski definition) is 2. The molecular weight excluding hydrogens is 229 g/mol. The minimum atomic E-state index is -0.569. The van der Waals surface area contributed by atoms with Gasteiger partial charge in [-0.25, -0.2) is 0 Å². The Labute approximate surface area is 110 Å². The molecule has 2 atom stereocenters. The van der Waals surface area contributed by atoms with Crippen LogP contribution in [0.4, 0.5) is 0 Å². The highest BCUT2D eigenvalue weighted by atomic mass is 16.2. The van der Waals surface area contributed by atoms with Crippen molar-refractivity contribution >= 4 is 19.8 Å². The summed E-state index contributed by atoms with van der Waals surface area (Å²) >= 11 is 0. The molecule has 0 aromatic heterocycles. The van der Waals surface area contributed by atoms with E-state index in [1.807, 2.05) is 0 Å². The van der Waals surface area contributed by atoms with E-state index in [2.05, 4.69) is 5.32 Å². The maximum Gasteiger partial charge on any atom is 0.240 e. The molecule has 2 amide bonds. The van der Waals surface area contributed by atoms with Crippen molar-refractivity contribution in [3.8, 4) is 0 Å². The van der Waals surface area contributed by atoms with Crippen LogP contribution in [-0.4, -0.2) is 43.7 Å². The van der Waals surface area contributed by atoms with Gasteiger partial charge in [-0.1, -0.05) is 19.3 Å². The lowest BCUT2D eigenvalue weighted by molar-refractivity contribution is -0.130. The second kappa shape index (κ2) is 6.78. The number of nitrogens with one attached hydrogen (secondary N) is 1. The molecule has 0 aromatic rings. The first-order chi connectivity index (χ1) is 8.43. The van der Waals surface area contributed by atoms with Crippen LogP contribution in [0.25, 0.3) is 0 Å². The van der Waals surface area contributed by atoms with Crippen LogP contribution in [0.15, 0.2) is 0 Å². The van der Waals surface area contributed by atoms with Gasteiger partial charge in [0.1, 0.15) is 6.04 Å². The van der Waals surface area contributed by atoms with Gasteiger partial charge in [-0.05, 0) is 32.7 Å². The summed E-state index contributed by atoms with van der Waals surface area (Å²) in [7, 11) is 7.14. The molecule has 6 heteroatoms. The number of nitrogens with two attached hydrogens (primary N) is 1. The molecule has 1 aliphatic rings. The first-order valence-corrected chi connectivity index (χ1v) is 6.50. The molecule has 0 bridgehead atoms. The SMILES string of the molecule is [B]N(C)[C@@H](C)C(=O)N[C@H](C(N)=O)C1CCCCC1. The Kier molecular flexibility index (Phi) is 5.66. The third-order valence-electron chi connectivity index (χ3n) is 3.72. The highest BCUT2D eigenvalue weighted by Crippen LogP contribution is 2.26. The van der Waals surface area contributed by atoms with Gasteiger partial charge in [-0.3, -0.25) is 9.59 Å². The van der Waals surface area contributed by atoms with E-state index in [1.165, 1.54) is 11.2 Å². The van der Waals surface area contributed by atoms with Crippen molar-refractivity contribution in [2.45, 2.75) is 51.1 Å². The number of primary amides is 1. The van der Waals surface area contributed by atoms with Crippen LogP contribution in [0.3, 0.4) is 0 Å². The van der Waals surface area contributed by atoms with Crippen molar-refractivity contribution in [2.75, 3.05) is 7.05 Å². The zero-order chi connectivity index (χ0) is 13.7. The molecule has 0 saturated heterocycles. The van der Waals surface area contributed by atoms with Gasteiger partial charge in [0.2, 0.25) is 11.8 Å². The van der Waals surface area contributed by atoms with Crippen molar-refractivity contribution in [3.63, 3.8) is 0 Å². The van der Waals surface area contributed by atoms with Crippen molar-refractivity contribution < 1.29 is 9.59 Å². The topological polar surface area (TPSA) is 75.4 Å². The Morgan fingerprint density at radius 3 is 2.33 bits per heavy atom. The second-order valence-corrected chi connectivity index (χ2v) is 5.13. The monoisotopic (exact) mass is 251 g/mol. The van der Waals surface area contributed by atoms with Gasteiger partial charge >= 0.3 is 0 Å². The number of rotatable bonds is 5. The molecule has 18 heavy (non-hydrogen) atoms. The van der Waals surface area contributed by atoms with Crippen molar-refractivity contribution in [3.05, 3.63) is 0 Å². The van der Waals surface area contributed by atoms with Crippen LogP contribution < -0.4 is 11.1 Å². The number of likely N-dealkylation sites (N-methyl/N-ethyl adjacent to an activating group) is 1. The Bertz CT molecular complexity index is 304. The van der Waals surface area contributed by atoms with E-state index < -0.39 is 18.0 Å². The Balaban J connectivity index is 2.62. The maximum atomic E-state index is 11.9. The van der Waals surface area contributed by atoms with Gasteiger partial charge in [-0.2, -0.15) is 0 Å². The van der Waals surface area contributed by atoms with Crippen LogP contribution >= 0.6 is 0 Å². The van der Waals surface area contributed by atoms with E-state index in [0.717, 1.165) is 25.7 Å². The zero-order valence-electron chi connectivity index (χ0n) is 11.2. The number of carbonyl (C=O) groups excluding carboxylic acids is 2. The molecule has 0 unspecified atom stereocenters. The van der Waals surface area contributed by atoms with Crippen LogP contribution in [0, 0.1) is 5.92 Å². The second-order valence-electron chi connectivity index (χ2n) is 5.13. The Morgan fingerprint density at radius 1 is 1.33 bits per heavy atom. The predicted molar refractivity (Wildman–Crippen MR) is 70.7 cm³/mol. The molecule has 1 rings (SSSR count). The first-order valence-electron chi connectivity index (χ1n) is 6.50. The largest absolute Gasteiger partial charge is 0.368 e. The van der Waals surface area contributed by atoms with Gasteiger partial charge < -0.3 is 15.9 Å². The number of amides is 2. The molecule has 1 saturated carbocycles. The molecule has 0 heterocycles. The summed E-state index contributed by atoms with van der Waals surface area (Å²) < 4.78 is 0. The van der Waals surface area contributed by atoms with E-state index in [1.54, 1.807) is 14.0 Å². The summed E-state index contributed by atoms with van der Waals surface area (Å²) in [5, 5.41) is 2.73. The average Bonchev–Trinajstić information content (AvgIpc) is 2.35. The average molecular weight is 251 g/mol. The van der Waals surface area contributed by atoms with Gasteiger partial charge in [0.15, 0.2) is 7.98 Å². The highest BCUT2D eigenvalue weighted by Gasteiger charge is 2.30. The summed E-state index contributed by atoms with van der Waals surface area (Å²) in [6.07, 6.45) is 5.27. The van der Waals surface area contributed by atoms with Gasteiger partial charge in [0.25, 0.3) is 0 Å². The summed E-state index contributed by atoms with van der Waals surface area (Å²) in [6, 6.07) is -1.05. The third kappa shape index (κ3) is 4.01. The Morgan fingerprint density at radius 2 is 1.89 bits per heavy atom. The van der Waals surface area contributed by atoms with E-state index in [9.17, 15) is 9.59 Å². The molecule has 0 aliphatic heterocycles. The number of carbonyl (C=O) groups is 2. The van der Waals surface area contributed by atoms with Gasteiger partial charge in [0.05, 0.1) is 6.04 Å². The standard InChI is InChI=1S/C12H22BN3O2/c1-8(16(2)13)12(18)15-10(11(14)17)9-6-4-3-5-7-9/h8-10H,3-7H2,1-2H3,(H2,14,17)(H,15,18)/t8-,10-/m0/s1. The summed E-state index contributed by atoms with van der Waals surface area (Å²) in [4.78, 5) is 24.7. The minimum absolute atomic E-state index is 0.162. The molecule has 1 fully saturated rings. The van der Waals surface area contributed by atoms with Gasteiger partial charge in [-0.15, -0.1) is 0 Å². The molecule has 3 N–H and O–H groups in total. The predicted octanol–water partition coefficient (Wildman–Crippen LogP) is -0.0594. The van der Waals surface area contributed by atoms with E-state index in [4.69, 9.17) is 13.7 Å². The lowest BCUT2D eigenvalue weighted by Crippen LogP contribution is -2.54. The molecule has 5 nitrogen and oxygen atoms in total. The summed E-state index contributed by atoms with van der Waals surface area (Å²) in [5.41, 5.74) is 5.39. The molecule has 1 aliphatic carbocycles. The van der Waals surface area contributed by atoms with Crippen molar-refractivity contribution in [2.24, 2.45) is 11.7 Å². The third-order valence-corrected chi connectivity index (χ3v) is 3.72. The fourth-order valence-corrected chi connectivity index (χ4v) is 2.35. The number of nitrogens with zero attached hydrogens (tertiary/aromatic N) is 1. The molecule has 2 radical (unpaired) electrons. The smallest absolute Gasteiger partial charge is 0.240 e. The van der Waals surface area contributed by atoms with Crippen LogP contribution in [0.2, 0.25) is 0 Å². The quantitative estimate of drug-likeness (QED) is 0.672. The molecular formula is C12H22BN3O2. The highest BCUT2D eigenvalue weighted by molar-refractivity contribution is 6.06. The number of hydrogen-bond acceptors (Lipinski definition) is 3.